The Kier molecular flexibility index (Phi) is 5.15. The van der Waals surface area contributed by atoms with Gasteiger partial charge in [0.15, 0.2) is 0 Å². The van der Waals surface area contributed by atoms with Crippen molar-refractivity contribution in [2.24, 2.45) is 5.92 Å². The number of piperidine rings is 1. The minimum Gasteiger partial charge on any atom is -0.335 e. The van der Waals surface area contributed by atoms with Crippen molar-refractivity contribution in [3.63, 3.8) is 0 Å². The van der Waals surface area contributed by atoms with Gasteiger partial charge in [0.1, 0.15) is 5.69 Å². The van der Waals surface area contributed by atoms with E-state index >= 15 is 0 Å². The average Bonchev–Trinajstić information content (AvgIpc) is 2.89. The Balaban J connectivity index is 1.54. The number of pyridine rings is 1. The number of rotatable bonds is 4. The van der Waals surface area contributed by atoms with Crippen molar-refractivity contribution in [2.75, 3.05) is 19.6 Å². The molecule has 5 heterocycles. The third kappa shape index (κ3) is 3.41. The number of fused-ring (bicyclic) bond motifs is 4. The molecule has 3 aliphatic heterocycles. The Morgan fingerprint density at radius 1 is 1.14 bits per heavy atom. The van der Waals surface area contributed by atoms with Gasteiger partial charge in [-0.3, -0.25) is 19.3 Å². The van der Waals surface area contributed by atoms with Gasteiger partial charge in [-0.05, 0) is 44.2 Å². The van der Waals surface area contributed by atoms with Gasteiger partial charge in [0.2, 0.25) is 0 Å². The van der Waals surface area contributed by atoms with E-state index < -0.39 is 0 Å². The molecule has 3 fully saturated rings. The van der Waals surface area contributed by atoms with Crippen molar-refractivity contribution in [3.05, 3.63) is 47.5 Å². The second-order valence-corrected chi connectivity index (χ2v) is 7.85. The number of carbonyl (C=O) groups excluding carboxylic acids is 2. The third-order valence-electron chi connectivity index (χ3n) is 5.91. The topological polar surface area (TPSA) is 71.3 Å². The van der Waals surface area contributed by atoms with Crippen LogP contribution in [-0.2, 0) is 6.54 Å². The lowest BCUT2D eigenvalue weighted by Crippen LogP contribution is -2.47. The summed E-state index contributed by atoms with van der Waals surface area (Å²) in [5.41, 5.74) is 2.08. The average molecular weight is 381 g/mol. The van der Waals surface area contributed by atoms with Crippen LogP contribution >= 0.6 is 0 Å². The Hall–Kier alpha value is -2.70. The lowest BCUT2D eigenvalue weighted by molar-refractivity contribution is 0.0573. The number of aryl methyl sites for hydroxylation is 1. The monoisotopic (exact) mass is 381 g/mol. The minimum absolute atomic E-state index is 0.0428. The van der Waals surface area contributed by atoms with Crippen molar-refractivity contribution >= 4 is 11.8 Å². The quantitative estimate of drug-likeness (QED) is 0.815. The summed E-state index contributed by atoms with van der Waals surface area (Å²) >= 11 is 0. The lowest BCUT2D eigenvalue weighted by Gasteiger charge is -2.36. The fourth-order valence-corrected chi connectivity index (χ4v) is 4.40. The molecule has 0 N–H and O–H groups in total. The summed E-state index contributed by atoms with van der Waals surface area (Å²) in [5, 5.41) is 4.39. The van der Waals surface area contributed by atoms with Crippen molar-refractivity contribution in [2.45, 2.75) is 45.7 Å². The highest BCUT2D eigenvalue weighted by atomic mass is 16.2. The van der Waals surface area contributed by atoms with Gasteiger partial charge >= 0.3 is 0 Å². The first-order valence-electron chi connectivity index (χ1n) is 10.1. The summed E-state index contributed by atoms with van der Waals surface area (Å²) < 4.78 is 1.90. The van der Waals surface area contributed by atoms with Gasteiger partial charge in [0, 0.05) is 44.1 Å². The molecule has 3 saturated heterocycles. The minimum atomic E-state index is -0.0428. The molecule has 7 nitrogen and oxygen atoms in total. The first-order valence-corrected chi connectivity index (χ1v) is 10.1. The van der Waals surface area contributed by atoms with E-state index in [-0.39, 0.29) is 17.9 Å². The highest BCUT2D eigenvalue weighted by Gasteiger charge is 2.39. The van der Waals surface area contributed by atoms with Crippen molar-refractivity contribution in [1.82, 2.24) is 24.6 Å². The van der Waals surface area contributed by atoms with Gasteiger partial charge in [-0.15, -0.1) is 0 Å². The van der Waals surface area contributed by atoms with E-state index in [4.69, 9.17) is 0 Å². The SMILES string of the molecule is CCCn1ncc(C(=O)N2C[C@H]3CC[C@@H]2CN(C(=O)c2ccccn2)C3)c1C. The molecular formula is C21H27N5O2. The van der Waals surface area contributed by atoms with Gasteiger partial charge in [0.25, 0.3) is 11.8 Å². The zero-order valence-corrected chi connectivity index (χ0v) is 16.5. The number of hydrogen-bond acceptors (Lipinski definition) is 4. The van der Waals surface area contributed by atoms with Gasteiger partial charge in [-0.25, -0.2) is 0 Å². The number of nitrogens with zero attached hydrogens (tertiary/aromatic N) is 5. The summed E-state index contributed by atoms with van der Waals surface area (Å²) in [6.07, 6.45) is 6.31. The highest BCUT2D eigenvalue weighted by Crippen LogP contribution is 2.30. The molecular weight excluding hydrogens is 354 g/mol. The molecule has 0 aliphatic carbocycles. The van der Waals surface area contributed by atoms with Crippen LogP contribution in [0.15, 0.2) is 30.6 Å². The molecule has 2 atom stereocenters. The maximum Gasteiger partial charge on any atom is 0.272 e. The van der Waals surface area contributed by atoms with Crippen LogP contribution in [0.4, 0.5) is 0 Å². The third-order valence-corrected chi connectivity index (χ3v) is 5.91. The van der Waals surface area contributed by atoms with E-state index in [9.17, 15) is 9.59 Å². The molecule has 0 spiro atoms. The molecule has 2 bridgehead atoms. The van der Waals surface area contributed by atoms with Crippen molar-refractivity contribution in [3.8, 4) is 0 Å². The lowest BCUT2D eigenvalue weighted by atomic mass is 9.94. The van der Waals surface area contributed by atoms with Gasteiger partial charge < -0.3 is 9.80 Å². The molecule has 0 saturated carbocycles. The van der Waals surface area contributed by atoms with Crippen LogP contribution in [0, 0.1) is 12.8 Å². The maximum atomic E-state index is 13.3. The smallest absolute Gasteiger partial charge is 0.272 e. The van der Waals surface area contributed by atoms with E-state index in [1.165, 1.54) is 0 Å². The maximum absolute atomic E-state index is 13.3. The van der Waals surface area contributed by atoms with Crippen LogP contribution < -0.4 is 0 Å². The molecule has 2 amide bonds. The number of aromatic nitrogens is 3. The number of carbonyl (C=O) groups is 2. The first-order chi connectivity index (χ1) is 13.6. The molecule has 5 rings (SSSR count). The van der Waals surface area contributed by atoms with Crippen LogP contribution in [0.25, 0.3) is 0 Å². The predicted octanol–water partition coefficient (Wildman–Crippen LogP) is 2.37. The Morgan fingerprint density at radius 3 is 2.75 bits per heavy atom. The molecule has 0 unspecified atom stereocenters. The van der Waals surface area contributed by atoms with Crippen molar-refractivity contribution in [1.29, 1.82) is 0 Å². The normalized spacial score (nSPS) is 21.6. The fraction of sp³-hybridized carbons (Fsp3) is 0.524. The number of hydrogen-bond donors (Lipinski definition) is 0. The zero-order chi connectivity index (χ0) is 19.7. The van der Waals surface area contributed by atoms with E-state index in [1.54, 1.807) is 18.5 Å². The first kappa shape index (κ1) is 18.7. The predicted molar refractivity (Wildman–Crippen MR) is 105 cm³/mol. The molecule has 7 heteroatoms. The van der Waals surface area contributed by atoms with Gasteiger partial charge in [-0.1, -0.05) is 13.0 Å². The van der Waals surface area contributed by atoms with Crippen LogP contribution in [-0.4, -0.2) is 62.1 Å². The second kappa shape index (κ2) is 7.73. The summed E-state index contributed by atoms with van der Waals surface area (Å²) in [6, 6.07) is 5.44. The zero-order valence-electron chi connectivity index (χ0n) is 16.5. The molecule has 2 aromatic rings. The van der Waals surface area contributed by atoms with Gasteiger partial charge in [-0.2, -0.15) is 5.10 Å². The summed E-state index contributed by atoms with van der Waals surface area (Å²) in [4.78, 5) is 34.2. The second-order valence-electron chi connectivity index (χ2n) is 7.85. The Labute approximate surface area is 165 Å². The van der Waals surface area contributed by atoms with E-state index in [0.717, 1.165) is 31.5 Å². The van der Waals surface area contributed by atoms with Crippen LogP contribution in [0.2, 0.25) is 0 Å². The fourth-order valence-electron chi connectivity index (χ4n) is 4.40. The van der Waals surface area contributed by atoms with Crippen LogP contribution in [0.5, 0.6) is 0 Å². The summed E-state index contributed by atoms with van der Waals surface area (Å²) in [7, 11) is 0. The molecule has 148 valence electrons. The molecule has 3 aliphatic rings. The van der Waals surface area contributed by atoms with E-state index in [0.29, 0.717) is 36.8 Å². The Bertz CT molecular complexity index is 863. The Morgan fingerprint density at radius 2 is 2.00 bits per heavy atom. The molecule has 0 aromatic carbocycles. The van der Waals surface area contributed by atoms with E-state index in [2.05, 4.69) is 17.0 Å². The summed E-state index contributed by atoms with van der Waals surface area (Å²) in [5.74, 6) is 0.307. The molecule has 28 heavy (non-hydrogen) atoms. The van der Waals surface area contributed by atoms with E-state index in [1.807, 2.05) is 33.5 Å². The largest absolute Gasteiger partial charge is 0.335 e. The summed E-state index contributed by atoms with van der Waals surface area (Å²) in [6.45, 7) is 6.83. The molecule has 2 aromatic heterocycles. The van der Waals surface area contributed by atoms with Gasteiger partial charge in [0.05, 0.1) is 11.8 Å². The van der Waals surface area contributed by atoms with Crippen LogP contribution in [0.1, 0.15) is 52.7 Å². The van der Waals surface area contributed by atoms with Crippen molar-refractivity contribution < 1.29 is 9.59 Å². The number of amides is 2. The molecule has 0 radical (unpaired) electrons. The van der Waals surface area contributed by atoms with Crippen LogP contribution in [0.3, 0.4) is 0 Å². The highest BCUT2D eigenvalue weighted by molar-refractivity contribution is 5.96. The standard InChI is InChI=1S/C21H27N5O2/c1-3-10-26-15(2)18(11-23-26)20(27)25-13-16-7-8-17(25)14-24(12-16)21(28)19-6-4-5-9-22-19/h4-6,9,11,16-17H,3,7-8,10,12-14H2,1-2H3/t16-,17+/m0/s1.